The molecule has 5 atom stereocenters. The molecule has 0 aromatic carbocycles. The summed E-state index contributed by atoms with van der Waals surface area (Å²) >= 11 is 0. The third-order valence-electron chi connectivity index (χ3n) is 7.51. The third-order valence-corrected chi connectivity index (χ3v) is 7.51. The lowest BCUT2D eigenvalue weighted by atomic mass is 9.71. The van der Waals surface area contributed by atoms with Crippen LogP contribution in [0, 0.1) is 22.7 Å². The van der Waals surface area contributed by atoms with Crippen LogP contribution in [0.3, 0.4) is 0 Å². The number of aliphatic hydroxyl groups is 1. The van der Waals surface area contributed by atoms with Gasteiger partial charge in [0.25, 0.3) is 0 Å². The Balaban J connectivity index is 1.58. The predicted molar refractivity (Wildman–Crippen MR) is 101 cm³/mol. The average Bonchev–Trinajstić information content (AvgIpc) is 3.26. The number of hydrogen-bond acceptors (Lipinski definition) is 5. The Hall–Kier alpha value is -1.23. The van der Waals surface area contributed by atoms with Gasteiger partial charge in [0, 0.05) is 31.6 Å². The Morgan fingerprint density at radius 2 is 2.07 bits per heavy atom. The molecule has 1 amide bonds. The molecule has 2 N–H and O–H groups in total. The van der Waals surface area contributed by atoms with Gasteiger partial charge in [-0.15, -0.1) is 0 Å². The van der Waals surface area contributed by atoms with Crippen molar-refractivity contribution in [1.82, 2.24) is 15.1 Å². The van der Waals surface area contributed by atoms with E-state index < -0.39 is 12.2 Å². The molecule has 3 fully saturated rings. The lowest BCUT2D eigenvalue weighted by molar-refractivity contribution is -0.131. The number of β-amino-alcohol motifs (C(OH)–C–C–N with tert-alkyl or cyclic N) is 1. The van der Waals surface area contributed by atoms with E-state index in [9.17, 15) is 14.3 Å². The van der Waals surface area contributed by atoms with Crippen molar-refractivity contribution < 1.29 is 14.3 Å². The van der Waals surface area contributed by atoms with Crippen molar-refractivity contribution in [3.05, 3.63) is 0 Å². The first-order chi connectivity index (χ1) is 12.7. The summed E-state index contributed by atoms with van der Waals surface area (Å²) in [5, 5.41) is 22.4. The van der Waals surface area contributed by atoms with Crippen molar-refractivity contribution >= 4 is 5.91 Å². The van der Waals surface area contributed by atoms with Crippen LogP contribution in [0.15, 0.2) is 0 Å². The molecule has 3 rings (SSSR count). The van der Waals surface area contributed by atoms with Crippen LogP contribution < -0.4 is 5.32 Å². The number of carbonyl (C=O) groups is 1. The van der Waals surface area contributed by atoms with Crippen LogP contribution >= 0.6 is 0 Å². The molecule has 7 heteroatoms. The zero-order valence-electron chi connectivity index (χ0n) is 16.7. The summed E-state index contributed by atoms with van der Waals surface area (Å²) < 4.78 is 13.6. The van der Waals surface area contributed by atoms with Crippen LogP contribution in [0.1, 0.15) is 46.5 Å². The third kappa shape index (κ3) is 3.98. The van der Waals surface area contributed by atoms with Crippen molar-refractivity contribution in [3.63, 3.8) is 0 Å². The molecule has 27 heavy (non-hydrogen) atoms. The van der Waals surface area contributed by atoms with Crippen molar-refractivity contribution in [3.8, 4) is 6.07 Å². The first kappa shape index (κ1) is 20.5. The summed E-state index contributed by atoms with van der Waals surface area (Å²) in [6, 6.07) is 1.40. The van der Waals surface area contributed by atoms with E-state index in [-0.39, 0.29) is 42.5 Å². The van der Waals surface area contributed by atoms with Gasteiger partial charge in [-0.05, 0) is 37.5 Å². The van der Waals surface area contributed by atoms with Gasteiger partial charge in [0.2, 0.25) is 5.91 Å². The molecule has 2 aliphatic heterocycles. The normalized spacial score (nSPS) is 39.0. The number of halogens is 1. The van der Waals surface area contributed by atoms with E-state index in [0.717, 1.165) is 38.9 Å². The molecule has 2 heterocycles. The van der Waals surface area contributed by atoms with E-state index in [1.54, 1.807) is 0 Å². The predicted octanol–water partition coefficient (Wildman–Crippen LogP) is 1.30. The average molecular weight is 381 g/mol. The highest BCUT2D eigenvalue weighted by molar-refractivity contribution is 5.79. The van der Waals surface area contributed by atoms with Gasteiger partial charge in [-0.2, -0.15) is 5.26 Å². The number of likely N-dealkylation sites (tertiary alicyclic amines) is 2. The van der Waals surface area contributed by atoms with E-state index in [1.807, 2.05) is 6.07 Å². The van der Waals surface area contributed by atoms with Crippen LogP contribution in [0.5, 0.6) is 0 Å². The van der Waals surface area contributed by atoms with Gasteiger partial charge in [0.05, 0.1) is 25.3 Å². The molecule has 1 saturated carbocycles. The Morgan fingerprint density at radius 3 is 2.70 bits per heavy atom. The molecule has 1 aliphatic carbocycles. The van der Waals surface area contributed by atoms with Crippen molar-refractivity contribution in [2.75, 3.05) is 32.7 Å². The minimum absolute atomic E-state index is 0.0108. The molecule has 0 aromatic rings. The highest BCUT2D eigenvalue weighted by Gasteiger charge is 2.52. The van der Waals surface area contributed by atoms with E-state index in [4.69, 9.17) is 5.26 Å². The number of nitrogens with zero attached hydrogens (tertiary/aromatic N) is 3. The number of nitrogens with one attached hydrogen (secondary N) is 1. The standard InChI is InChI=1S/C20H33FN4O2/c1-19(2)14(11-24-7-5-17(26)13-24)4-6-20(19,3)23-10-18(27)25-12-15(21)8-16(25)9-22/h14-17,23,26H,4-8,10-13H2,1-3H3/t14-,15+,16+,17?,20-/m1/s1. The fraction of sp³-hybridized carbons (Fsp3) is 0.900. The van der Waals surface area contributed by atoms with Crippen LogP contribution in [-0.2, 0) is 4.79 Å². The smallest absolute Gasteiger partial charge is 0.237 e. The second-order valence-electron chi connectivity index (χ2n) is 9.37. The Morgan fingerprint density at radius 1 is 1.33 bits per heavy atom. The van der Waals surface area contributed by atoms with Crippen molar-refractivity contribution in [1.29, 1.82) is 5.26 Å². The monoisotopic (exact) mass is 380 g/mol. The van der Waals surface area contributed by atoms with Gasteiger partial charge >= 0.3 is 0 Å². The number of carbonyl (C=O) groups excluding carboxylic acids is 1. The molecule has 0 radical (unpaired) electrons. The van der Waals surface area contributed by atoms with E-state index in [1.165, 1.54) is 4.90 Å². The van der Waals surface area contributed by atoms with Crippen molar-refractivity contribution in [2.24, 2.45) is 11.3 Å². The second-order valence-corrected chi connectivity index (χ2v) is 9.37. The Labute approximate surface area is 161 Å². The molecule has 152 valence electrons. The number of aliphatic hydroxyl groups excluding tert-OH is 1. The van der Waals surface area contributed by atoms with Gasteiger partial charge in [-0.3, -0.25) is 4.79 Å². The summed E-state index contributed by atoms with van der Waals surface area (Å²) in [5.74, 6) is 0.300. The number of amides is 1. The maximum Gasteiger partial charge on any atom is 0.237 e. The zero-order chi connectivity index (χ0) is 19.8. The molecule has 0 spiro atoms. The first-order valence-corrected chi connectivity index (χ1v) is 10.1. The molecule has 2 saturated heterocycles. The van der Waals surface area contributed by atoms with Crippen molar-refractivity contribution in [2.45, 2.75) is 70.3 Å². The quantitative estimate of drug-likeness (QED) is 0.752. The van der Waals surface area contributed by atoms with Gasteiger partial charge in [-0.1, -0.05) is 13.8 Å². The Kier molecular flexibility index (Phi) is 5.81. The molecule has 0 aromatic heterocycles. The van der Waals surface area contributed by atoms with Crippen LogP contribution in [-0.4, -0.2) is 77.4 Å². The maximum atomic E-state index is 13.6. The van der Waals surface area contributed by atoms with Gasteiger partial charge in [0.15, 0.2) is 0 Å². The summed E-state index contributed by atoms with van der Waals surface area (Å²) in [5.41, 5.74) is -0.203. The largest absolute Gasteiger partial charge is 0.392 e. The SMILES string of the molecule is CC1(C)[C@@H](CN2CCC(O)C2)CC[C@@]1(C)NCC(=O)N1C[C@@H](F)C[C@H]1C#N. The summed E-state index contributed by atoms with van der Waals surface area (Å²) in [6.07, 6.45) is 1.72. The fourth-order valence-electron chi connectivity index (χ4n) is 5.08. The molecule has 1 unspecified atom stereocenters. The Bertz CT molecular complexity index is 607. The fourth-order valence-corrected chi connectivity index (χ4v) is 5.08. The van der Waals surface area contributed by atoms with Gasteiger partial charge in [-0.25, -0.2) is 4.39 Å². The molecule has 0 bridgehead atoms. The number of nitriles is 1. The van der Waals surface area contributed by atoms with Crippen LogP contribution in [0.25, 0.3) is 0 Å². The van der Waals surface area contributed by atoms with Gasteiger partial charge in [0.1, 0.15) is 12.2 Å². The lowest BCUT2D eigenvalue weighted by Gasteiger charge is -2.43. The topological polar surface area (TPSA) is 79.6 Å². The molecule has 3 aliphatic rings. The van der Waals surface area contributed by atoms with Crippen LogP contribution in [0.2, 0.25) is 0 Å². The number of alkyl halides is 1. The number of hydrogen-bond donors (Lipinski definition) is 2. The second kappa shape index (κ2) is 7.65. The highest BCUT2D eigenvalue weighted by Crippen LogP contribution is 2.50. The molecule has 6 nitrogen and oxygen atoms in total. The minimum atomic E-state index is -1.10. The summed E-state index contributed by atoms with van der Waals surface area (Å²) in [4.78, 5) is 16.3. The minimum Gasteiger partial charge on any atom is -0.392 e. The zero-order valence-corrected chi connectivity index (χ0v) is 16.7. The van der Waals surface area contributed by atoms with E-state index in [2.05, 4.69) is 31.0 Å². The highest BCUT2D eigenvalue weighted by atomic mass is 19.1. The molecular weight excluding hydrogens is 347 g/mol. The van der Waals surface area contributed by atoms with E-state index in [0.29, 0.717) is 5.92 Å². The summed E-state index contributed by atoms with van der Waals surface area (Å²) in [6.45, 7) is 9.51. The van der Waals surface area contributed by atoms with Gasteiger partial charge < -0.3 is 20.2 Å². The maximum absolute atomic E-state index is 13.6. The number of rotatable bonds is 5. The first-order valence-electron chi connectivity index (χ1n) is 10.1. The summed E-state index contributed by atoms with van der Waals surface area (Å²) in [7, 11) is 0. The van der Waals surface area contributed by atoms with E-state index >= 15 is 0 Å². The van der Waals surface area contributed by atoms with Crippen LogP contribution in [0.4, 0.5) is 4.39 Å². The molecular formula is C20H33FN4O2. The lowest BCUT2D eigenvalue weighted by Crippen LogP contribution is -2.56.